The van der Waals surface area contributed by atoms with Crippen molar-refractivity contribution >= 4 is 29.9 Å². The Morgan fingerprint density at radius 3 is 2.58 bits per heavy atom. The van der Waals surface area contributed by atoms with Gasteiger partial charge in [-0.2, -0.15) is 0 Å². The van der Waals surface area contributed by atoms with Crippen LogP contribution in [-0.2, 0) is 11.3 Å². The van der Waals surface area contributed by atoms with Crippen LogP contribution in [0.5, 0.6) is 0 Å². The van der Waals surface area contributed by atoms with Crippen molar-refractivity contribution in [1.29, 1.82) is 0 Å². The van der Waals surface area contributed by atoms with E-state index in [9.17, 15) is 4.39 Å². The highest BCUT2D eigenvalue weighted by molar-refractivity contribution is 14.0. The van der Waals surface area contributed by atoms with Gasteiger partial charge in [0.2, 0.25) is 0 Å². The Bertz CT molecular complexity index is 478. The Morgan fingerprint density at radius 2 is 1.92 bits per heavy atom. The van der Waals surface area contributed by atoms with Gasteiger partial charge in [0.05, 0.1) is 19.8 Å². The number of halogens is 2. The molecule has 0 saturated carbocycles. The molecule has 7 heteroatoms. The van der Waals surface area contributed by atoms with Crippen molar-refractivity contribution < 1.29 is 9.13 Å². The van der Waals surface area contributed by atoms with E-state index in [2.05, 4.69) is 20.5 Å². The number of guanidine groups is 1. The van der Waals surface area contributed by atoms with Crippen LogP contribution in [0.1, 0.15) is 18.9 Å². The molecule has 5 nitrogen and oxygen atoms in total. The number of hydrogen-bond donors (Lipinski definition) is 2. The van der Waals surface area contributed by atoms with E-state index in [4.69, 9.17) is 4.74 Å². The van der Waals surface area contributed by atoms with Crippen molar-refractivity contribution in [2.24, 2.45) is 4.99 Å². The first kappa shape index (κ1) is 21.1. The van der Waals surface area contributed by atoms with Crippen LogP contribution < -0.4 is 10.6 Å². The zero-order chi connectivity index (χ0) is 16.3. The first-order valence-corrected chi connectivity index (χ1v) is 8.34. The summed E-state index contributed by atoms with van der Waals surface area (Å²) < 4.78 is 18.2. The maximum absolute atomic E-state index is 12.9. The molecule has 24 heavy (non-hydrogen) atoms. The summed E-state index contributed by atoms with van der Waals surface area (Å²) in [5.74, 6) is 0.588. The van der Waals surface area contributed by atoms with Gasteiger partial charge >= 0.3 is 0 Å². The van der Waals surface area contributed by atoms with E-state index in [1.807, 2.05) is 6.92 Å². The smallest absolute Gasteiger partial charge is 0.191 e. The number of ether oxygens (including phenoxy) is 1. The number of nitrogens with zero attached hydrogens (tertiary/aromatic N) is 2. The molecule has 0 bridgehead atoms. The third-order valence-corrected chi connectivity index (χ3v) is 3.72. The highest BCUT2D eigenvalue weighted by Gasteiger charge is 2.09. The lowest BCUT2D eigenvalue weighted by Crippen LogP contribution is -2.40. The summed E-state index contributed by atoms with van der Waals surface area (Å²) >= 11 is 0. The first-order valence-electron chi connectivity index (χ1n) is 8.34. The number of aliphatic imine (C=N–C) groups is 1. The first-order chi connectivity index (χ1) is 11.3. The fourth-order valence-electron chi connectivity index (χ4n) is 2.44. The number of nitrogens with one attached hydrogen (secondary N) is 2. The Labute approximate surface area is 161 Å². The molecule has 1 saturated heterocycles. The summed E-state index contributed by atoms with van der Waals surface area (Å²) in [6.45, 7) is 9.10. The van der Waals surface area contributed by atoms with E-state index in [1.54, 1.807) is 12.1 Å². The molecular formula is C17H28FIN4O. The van der Waals surface area contributed by atoms with E-state index in [0.717, 1.165) is 63.9 Å². The van der Waals surface area contributed by atoms with Crippen molar-refractivity contribution in [1.82, 2.24) is 15.5 Å². The molecule has 1 fully saturated rings. The van der Waals surface area contributed by atoms with Crippen LogP contribution in [0.25, 0.3) is 0 Å². The quantitative estimate of drug-likeness (QED) is 0.290. The topological polar surface area (TPSA) is 48.9 Å². The normalized spacial score (nSPS) is 15.7. The van der Waals surface area contributed by atoms with Gasteiger partial charge in [-0.3, -0.25) is 4.90 Å². The fraction of sp³-hybridized carbons (Fsp3) is 0.588. The van der Waals surface area contributed by atoms with Crippen LogP contribution in [-0.4, -0.2) is 56.8 Å². The Morgan fingerprint density at radius 1 is 1.21 bits per heavy atom. The molecule has 0 amide bonds. The summed E-state index contributed by atoms with van der Waals surface area (Å²) in [6.07, 6.45) is 1.07. The second-order valence-corrected chi connectivity index (χ2v) is 5.56. The molecular weight excluding hydrogens is 422 g/mol. The highest BCUT2D eigenvalue weighted by Crippen LogP contribution is 2.04. The maximum Gasteiger partial charge on any atom is 0.191 e. The summed E-state index contributed by atoms with van der Waals surface area (Å²) in [7, 11) is 0. The summed E-state index contributed by atoms with van der Waals surface area (Å²) in [4.78, 5) is 6.96. The van der Waals surface area contributed by atoms with Crippen molar-refractivity contribution in [2.75, 3.05) is 45.9 Å². The van der Waals surface area contributed by atoms with Gasteiger partial charge in [0.1, 0.15) is 5.82 Å². The van der Waals surface area contributed by atoms with Crippen molar-refractivity contribution in [2.45, 2.75) is 19.9 Å². The third-order valence-electron chi connectivity index (χ3n) is 3.72. The lowest BCUT2D eigenvalue weighted by Gasteiger charge is -2.26. The van der Waals surface area contributed by atoms with Crippen LogP contribution in [0.4, 0.5) is 4.39 Å². The minimum absolute atomic E-state index is 0. The average Bonchev–Trinajstić information content (AvgIpc) is 2.59. The Balaban J connectivity index is 0.00000288. The predicted octanol–water partition coefficient (Wildman–Crippen LogP) is 2.22. The van der Waals surface area contributed by atoms with E-state index in [1.165, 1.54) is 12.1 Å². The summed E-state index contributed by atoms with van der Waals surface area (Å²) in [5, 5.41) is 6.58. The standard InChI is InChI=1S/C17H27FN4O.HI/c1-2-19-17(21-14-15-4-6-16(18)7-5-15)20-8-3-9-22-10-12-23-13-11-22;/h4-7H,2-3,8-14H2,1H3,(H2,19,20,21);1H. The van der Waals surface area contributed by atoms with Gasteiger partial charge in [0.15, 0.2) is 5.96 Å². The van der Waals surface area contributed by atoms with Crippen LogP contribution in [0.2, 0.25) is 0 Å². The molecule has 0 aromatic heterocycles. The molecule has 1 heterocycles. The van der Waals surface area contributed by atoms with E-state index in [0.29, 0.717) is 6.54 Å². The Kier molecular flexibility index (Phi) is 10.9. The lowest BCUT2D eigenvalue weighted by atomic mass is 10.2. The Hall–Kier alpha value is -0.930. The molecule has 2 rings (SSSR count). The molecule has 0 radical (unpaired) electrons. The average molecular weight is 450 g/mol. The second kappa shape index (κ2) is 12.4. The number of hydrogen-bond acceptors (Lipinski definition) is 3. The summed E-state index contributed by atoms with van der Waals surface area (Å²) in [5.41, 5.74) is 0.997. The molecule has 1 aliphatic rings. The molecule has 0 spiro atoms. The SMILES string of the molecule is CCNC(=NCc1ccc(F)cc1)NCCCN1CCOCC1.I. The van der Waals surface area contributed by atoms with Gasteiger partial charge in [0, 0.05) is 26.2 Å². The maximum atomic E-state index is 12.9. The second-order valence-electron chi connectivity index (χ2n) is 5.56. The summed E-state index contributed by atoms with van der Waals surface area (Å²) in [6, 6.07) is 6.46. The van der Waals surface area contributed by atoms with Gasteiger partial charge in [-0.1, -0.05) is 12.1 Å². The van der Waals surface area contributed by atoms with Crippen LogP contribution in [0.3, 0.4) is 0 Å². The zero-order valence-corrected chi connectivity index (χ0v) is 16.6. The van der Waals surface area contributed by atoms with Gasteiger partial charge in [0.25, 0.3) is 0 Å². The van der Waals surface area contributed by atoms with E-state index < -0.39 is 0 Å². The highest BCUT2D eigenvalue weighted by atomic mass is 127. The zero-order valence-electron chi connectivity index (χ0n) is 14.3. The molecule has 136 valence electrons. The lowest BCUT2D eigenvalue weighted by molar-refractivity contribution is 0.0376. The number of rotatable bonds is 7. The van der Waals surface area contributed by atoms with Crippen LogP contribution >= 0.6 is 24.0 Å². The van der Waals surface area contributed by atoms with Gasteiger partial charge in [-0.15, -0.1) is 24.0 Å². The monoisotopic (exact) mass is 450 g/mol. The molecule has 1 aromatic carbocycles. The number of morpholine rings is 1. The van der Waals surface area contributed by atoms with E-state index >= 15 is 0 Å². The van der Waals surface area contributed by atoms with Crippen LogP contribution in [0.15, 0.2) is 29.3 Å². The van der Waals surface area contributed by atoms with Gasteiger partial charge in [-0.25, -0.2) is 9.38 Å². The predicted molar refractivity (Wildman–Crippen MR) is 107 cm³/mol. The van der Waals surface area contributed by atoms with Crippen LogP contribution in [0, 0.1) is 5.82 Å². The third kappa shape index (κ3) is 8.25. The molecule has 0 unspecified atom stereocenters. The largest absolute Gasteiger partial charge is 0.379 e. The minimum Gasteiger partial charge on any atom is -0.379 e. The number of benzene rings is 1. The molecule has 0 aliphatic carbocycles. The molecule has 2 N–H and O–H groups in total. The fourth-order valence-corrected chi connectivity index (χ4v) is 2.44. The van der Waals surface area contributed by atoms with Gasteiger partial charge < -0.3 is 15.4 Å². The van der Waals surface area contributed by atoms with Gasteiger partial charge in [-0.05, 0) is 37.6 Å². The van der Waals surface area contributed by atoms with Crippen molar-refractivity contribution in [3.63, 3.8) is 0 Å². The molecule has 1 aromatic rings. The molecule has 1 aliphatic heterocycles. The van der Waals surface area contributed by atoms with Crippen molar-refractivity contribution in [3.8, 4) is 0 Å². The van der Waals surface area contributed by atoms with E-state index in [-0.39, 0.29) is 29.8 Å². The minimum atomic E-state index is -0.217. The molecule has 0 atom stereocenters. The van der Waals surface area contributed by atoms with Crippen molar-refractivity contribution in [3.05, 3.63) is 35.6 Å².